The molecule has 0 spiro atoms. The van der Waals surface area contributed by atoms with Gasteiger partial charge >= 0.3 is 0 Å². The van der Waals surface area contributed by atoms with E-state index in [1.54, 1.807) is 20.8 Å². The van der Waals surface area contributed by atoms with E-state index in [-0.39, 0.29) is 17.4 Å². The number of nitrogens with two attached hydrogens (primary N) is 2. The Morgan fingerprint density at radius 2 is 1.87 bits per heavy atom. The van der Waals surface area contributed by atoms with E-state index >= 15 is 0 Å². The minimum absolute atomic E-state index is 0.129. The van der Waals surface area contributed by atoms with Crippen LogP contribution in [0.25, 0.3) is 0 Å². The van der Waals surface area contributed by atoms with Gasteiger partial charge in [-0.25, -0.2) is 0 Å². The van der Waals surface area contributed by atoms with E-state index in [1.807, 2.05) is 0 Å². The van der Waals surface area contributed by atoms with Crippen molar-refractivity contribution >= 4 is 29.0 Å². The number of primary amides is 1. The van der Waals surface area contributed by atoms with Crippen LogP contribution in [0.1, 0.15) is 20.8 Å². The second-order valence-corrected chi connectivity index (χ2v) is 4.56. The van der Waals surface area contributed by atoms with Crippen molar-refractivity contribution in [2.45, 2.75) is 20.8 Å². The first kappa shape index (κ1) is 13.8. The van der Waals surface area contributed by atoms with Crippen molar-refractivity contribution in [3.8, 4) is 0 Å². The molecule has 0 aromatic rings. The molecule has 5 N–H and O–H groups in total. The lowest BCUT2D eigenvalue weighted by Crippen LogP contribution is -2.45. The predicted octanol–water partition coefficient (Wildman–Crippen LogP) is -0.464. The first-order valence-corrected chi connectivity index (χ1v) is 4.96. The molecule has 0 aromatic carbocycles. The molecule has 86 valence electrons. The molecule has 0 saturated heterocycles. The van der Waals surface area contributed by atoms with E-state index in [4.69, 9.17) is 11.5 Å². The lowest BCUT2D eigenvalue weighted by molar-refractivity contribution is -0.127. The first-order chi connectivity index (χ1) is 6.68. The fraction of sp³-hybridized carbons (Fsp3) is 0.667. The monoisotopic (exact) mass is 231 g/mol. The smallest absolute Gasteiger partial charge is 0.229 e. The fourth-order valence-corrected chi connectivity index (χ4v) is 0.785. The predicted molar refractivity (Wildman–Crippen MR) is 61.9 cm³/mol. The second-order valence-electron chi connectivity index (χ2n) is 4.09. The van der Waals surface area contributed by atoms with E-state index in [1.165, 1.54) is 0 Å². The van der Waals surface area contributed by atoms with Crippen LogP contribution in [0.2, 0.25) is 0 Å². The zero-order valence-corrected chi connectivity index (χ0v) is 9.98. The molecule has 0 radical (unpaired) electrons. The topological polar surface area (TPSA) is 98.2 Å². The molecule has 0 heterocycles. The second kappa shape index (κ2) is 5.06. The molecule has 0 aliphatic heterocycles. The van der Waals surface area contributed by atoms with E-state index < -0.39 is 17.2 Å². The Hall–Kier alpha value is -1.17. The number of hydrogen-bond donors (Lipinski definition) is 3. The van der Waals surface area contributed by atoms with Gasteiger partial charge in [-0.15, -0.1) is 0 Å². The maximum Gasteiger partial charge on any atom is 0.229 e. The van der Waals surface area contributed by atoms with Gasteiger partial charge in [0.2, 0.25) is 11.8 Å². The number of carbonyl (C=O) groups excluding carboxylic acids is 2. The Morgan fingerprint density at radius 1 is 1.40 bits per heavy atom. The molecule has 2 amide bonds. The van der Waals surface area contributed by atoms with Crippen LogP contribution in [0, 0.1) is 11.3 Å². The van der Waals surface area contributed by atoms with Crippen molar-refractivity contribution in [3.05, 3.63) is 0 Å². The largest absolute Gasteiger partial charge is 0.393 e. The number of nitrogens with one attached hydrogen (secondary N) is 1. The molecule has 0 rings (SSSR count). The highest BCUT2D eigenvalue weighted by Crippen LogP contribution is 2.12. The van der Waals surface area contributed by atoms with E-state index in [2.05, 4.69) is 17.5 Å². The standard InChI is InChI=1S/C9H17N3O2S/c1-5(6(10)15)7(13)12-4-9(2,3)8(11)14/h5H,4H2,1-3H3,(H2,10,15)(H2,11,14)(H,12,13). The summed E-state index contributed by atoms with van der Waals surface area (Å²) in [6, 6.07) is 0. The minimum Gasteiger partial charge on any atom is -0.393 e. The van der Waals surface area contributed by atoms with Crippen molar-refractivity contribution in [2.24, 2.45) is 22.8 Å². The molecule has 1 unspecified atom stereocenters. The third-order valence-electron chi connectivity index (χ3n) is 2.19. The maximum absolute atomic E-state index is 11.4. The molecule has 6 heteroatoms. The van der Waals surface area contributed by atoms with Gasteiger partial charge in [-0.05, 0) is 20.8 Å². The molecular formula is C9H17N3O2S. The Morgan fingerprint density at radius 3 is 2.20 bits per heavy atom. The Bertz CT molecular complexity index is 289. The molecular weight excluding hydrogens is 214 g/mol. The number of amides is 2. The van der Waals surface area contributed by atoms with Crippen LogP contribution in [-0.2, 0) is 9.59 Å². The summed E-state index contributed by atoms with van der Waals surface area (Å²) in [5.74, 6) is -1.30. The highest BCUT2D eigenvalue weighted by Gasteiger charge is 2.26. The molecule has 0 aliphatic carbocycles. The van der Waals surface area contributed by atoms with Gasteiger partial charge in [0.05, 0.1) is 16.3 Å². The van der Waals surface area contributed by atoms with Gasteiger partial charge in [0, 0.05) is 6.54 Å². The molecule has 15 heavy (non-hydrogen) atoms. The van der Waals surface area contributed by atoms with Crippen molar-refractivity contribution in [2.75, 3.05) is 6.54 Å². The lowest BCUT2D eigenvalue weighted by Gasteiger charge is -2.21. The average molecular weight is 231 g/mol. The first-order valence-electron chi connectivity index (χ1n) is 4.55. The van der Waals surface area contributed by atoms with Crippen molar-refractivity contribution in [1.29, 1.82) is 0 Å². The van der Waals surface area contributed by atoms with Crippen LogP contribution >= 0.6 is 12.2 Å². The van der Waals surface area contributed by atoms with Crippen LogP contribution in [-0.4, -0.2) is 23.3 Å². The van der Waals surface area contributed by atoms with Crippen molar-refractivity contribution < 1.29 is 9.59 Å². The number of hydrogen-bond acceptors (Lipinski definition) is 3. The molecule has 0 aromatic heterocycles. The summed E-state index contributed by atoms with van der Waals surface area (Å²) < 4.78 is 0. The molecule has 1 atom stereocenters. The van der Waals surface area contributed by atoms with Crippen LogP contribution in [0.3, 0.4) is 0 Å². The van der Waals surface area contributed by atoms with Crippen LogP contribution in [0.4, 0.5) is 0 Å². The summed E-state index contributed by atoms with van der Waals surface area (Å²) >= 11 is 4.68. The Kier molecular flexibility index (Phi) is 4.67. The third kappa shape index (κ3) is 4.24. The van der Waals surface area contributed by atoms with Gasteiger partial charge in [0.25, 0.3) is 0 Å². The maximum atomic E-state index is 11.4. The zero-order chi connectivity index (χ0) is 12.2. The van der Waals surface area contributed by atoms with E-state index in [0.717, 1.165) is 0 Å². The molecule has 0 aliphatic rings. The van der Waals surface area contributed by atoms with Crippen molar-refractivity contribution in [1.82, 2.24) is 5.32 Å². The summed E-state index contributed by atoms with van der Waals surface area (Å²) in [5, 5.41) is 2.58. The summed E-state index contributed by atoms with van der Waals surface area (Å²) in [6.45, 7) is 5.09. The van der Waals surface area contributed by atoms with Gasteiger partial charge in [-0.1, -0.05) is 12.2 Å². The zero-order valence-electron chi connectivity index (χ0n) is 9.16. The molecule has 0 saturated carbocycles. The van der Waals surface area contributed by atoms with Gasteiger partial charge in [-0.2, -0.15) is 0 Å². The summed E-state index contributed by atoms with van der Waals surface area (Å²) in [6.07, 6.45) is 0. The van der Waals surface area contributed by atoms with Gasteiger partial charge in [0.1, 0.15) is 0 Å². The Labute approximate surface area is 94.6 Å². The SMILES string of the molecule is CC(C(=O)NCC(C)(C)C(N)=O)C(N)=S. The highest BCUT2D eigenvalue weighted by molar-refractivity contribution is 7.80. The number of rotatable bonds is 5. The van der Waals surface area contributed by atoms with E-state index in [9.17, 15) is 9.59 Å². The molecule has 0 fully saturated rings. The highest BCUT2D eigenvalue weighted by atomic mass is 32.1. The molecule has 5 nitrogen and oxygen atoms in total. The van der Waals surface area contributed by atoms with E-state index in [0.29, 0.717) is 0 Å². The molecule has 0 bridgehead atoms. The van der Waals surface area contributed by atoms with Crippen molar-refractivity contribution in [3.63, 3.8) is 0 Å². The third-order valence-corrected chi connectivity index (χ3v) is 2.55. The van der Waals surface area contributed by atoms with Crippen LogP contribution in [0.15, 0.2) is 0 Å². The minimum atomic E-state index is -0.772. The quantitative estimate of drug-likeness (QED) is 0.557. The van der Waals surface area contributed by atoms with Crippen LogP contribution in [0.5, 0.6) is 0 Å². The summed E-state index contributed by atoms with van der Waals surface area (Å²) in [5.41, 5.74) is 9.69. The van der Waals surface area contributed by atoms with Crippen LogP contribution < -0.4 is 16.8 Å². The lowest BCUT2D eigenvalue weighted by atomic mass is 9.92. The fourth-order valence-electron chi connectivity index (χ4n) is 0.678. The van der Waals surface area contributed by atoms with Gasteiger partial charge in [0.15, 0.2) is 0 Å². The van der Waals surface area contributed by atoms with Gasteiger partial charge < -0.3 is 16.8 Å². The summed E-state index contributed by atoms with van der Waals surface area (Å²) in [7, 11) is 0. The number of thiocarbonyl (C=S) groups is 1. The average Bonchev–Trinajstić information content (AvgIpc) is 2.12. The number of carbonyl (C=O) groups is 2. The normalized spacial score (nSPS) is 13.0. The van der Waals surface area contributed by atoms with Gasteiger partial charge in [-0.3, -0.25) is 9.59 Å². The summed E-state index contributed by atoms with van der Waals surface area (Å²) in [4.78, 5) is 22.5. The Balaban J connectivity index is 4.23.